The molecular formula is C15H20FN3S. The van der Waals surface area contributed by atoms with E-state index < -0.39 is 0 Å². The van der Waals surface area contributed by atoms with E-state index in [2.05, 4.69) is 17.3 Å². The standard InChI is InChI=1S/C15H20FN3S/c1-3-9-17-15(14-8-10-19(2)18-14)11-20-13-6-4-12(16)5-7-13/h4-8,10,15,17H,3,9,11H2,1-2H3. The van der Waals surface area contributed by atoms with Crippen molar-refractivity contribution < 1.29 is 4.39 Å². The van der Waals surface area contributed by atoms with E-state index in [-0.39, 0.29) is 11.9 Å². The Morgan fingerprint density at radius 3 is 2.65 bits per heavy atom. The molecule has 1 unspecified atom stereocenters. The SMILES string of the molecule is CCCNC(CSc1ccc(F)cc1)c1ccn(C)n1. The molecular weight excluding hydrogens is 273 g/mol. The maximum absolute atomic E-state index is 12.9. The van der Waals surface area contributed by atoms with Gasteiger partial charge in [0, 0.05) is 23.9 Å². The number of hydrogen-bond acceptors (Lipinski definition) is 3. The van der Waals surface area contributed by atoms with Crippen LogP contribution in [-0.2, 0) is 7.05 Å². The maximum Gasteiger partial charge on any atom is 0.123 e. The van der Waals surface area contributed by atoms with E-state index in [4.69, 9.17) is 0 Å². The lowest BCUT2D eigenvalue weighted by Crippen LogP contribution is -2.24. The summed E-state index contributed by atoms with van der Waals surface area (Å²) in [6.45, 7) is 3.11. The predicted molar refractivity (Wildman–Crippen MR) is 81.4 cm³/mol. The highest BCUT2D eigenvalue weighted by Gasteiger charge is 2.13. The van der Waals surface area contributed by atoms with Crippen molar-refractivity contribution in [3.8, 4) is 0 Å². The summed E-state index contributed by atoms with van der Waals surface area (Å²) in [5.74, 6) is 0.683. The van der Waals surface area contributed by atoms with Gasteiger partial charge in [0.25, 0.3) is 0 Å². The highest BCUT2D eigenvalue weighted by atomic mass is 32.2. The largest absolute Gasteiger partial charge is 0.308 e. The van der Waals surface area contributed by atoms with Gasteiger partial charge in [-0.25, -0.2) is 4.39 Å². The van der Waals surface area contributed by atoms with Gasteiger partial charge in [0.15, 0.2) is 0 Å². The number of thioether (sulfide) groups is 1. The molecule has 0 bridgehead atoms. The molecule has 0 fully saturated rings. The van der Waals surface area contributed by atoms with E-state index in [1.165, 1.54) is 12.1 Å². The maximum atomic E-state index is 12.9. The summed E-state index contributed by atoms with van der Waals surface area (Å²) in [6.07, 6.45) is 3.04. The first-order valence-corrected chi connectivity index (χ1v) is 7.79. The molecule has 1 heterocycles. The second-order valence-corrected chi connectivity index (χ2v) is 5.78. The van der Waals surface area contributed by atoms with Crippen LogP contribution < -0.4 is 5.32 Å². The normalized spacial score (nSPS) is 12.6. The van der Waals surface area contributed by atoms with E-state index >= 15 is 0 Å². The van der Waals surface area contributed by atoms with E-state index in [0.29, 0.717) is 0 Å². The summed E-state index contributed by atoms with van der Waals surface area (Å²) in [4.78, 5) is 1.07. The topological polar surface area (TPSA) is 29.9 Å². The summed E-state index contributed by atoms with van der Waals surface area (Å²) < 4.78 is 14.7. The molecule has 0 aliphatic heterocycles. The van der Waals surface area contributed by atoms with Crippen LogP contribution in [0.15, 0.2) is 41.4 Å². The first kappa shape index (κ1) is 15.1. The van der Waals surface area contributed by atoms with Gasteiger partial charge < -0.3 is 5.32 Å². The molecule has 0 amide bonds. The average Bonchev–Trinajstić information content (AvgIpc) is 2.87. The number of hydrogen-bond donors (Lipinski definition) is 1. The molecule has 0 aliphatic carbocycles. The zero-order valence-corrected chi connectivity index (χ0v) is 12.7. The lowest BCUT2D eigenvalue weighted by molar-refractivity contribution is 0.555. The Labute approximate surface area is 123 Å². The fourth-order valence-corrected chi connectivity index (χ4v) is 2.87. The second-order valence-electron chi connectivity index (χ2n) is 4.69. The van der Waals surface area contributed by atoms with Crippen LogP contribution in [0.5, 0.6) is 0 Å². The number of nitrogens with one attached hydrogen (secondary N) is 1. The fraction of sp³-hybridized carbons (Fsp3) is 0.400. The van der Waals surface area contributed by atoms with Gasteiger partial charge in [0.05, 0.1) is 11.7 Å². The van der Waals surface area contributed by atoms with Crippen LogP contribution >= 0.6 is 11.8 Å². The molecule has 0 saturated heterocycles. The molecule has 2 rings (SSSR count). The number of aryl methyl sites for hydroxylation is 1. The van der Waals surface area contributed by atoms with Crippen molar-refractivity contribution in [1.29, 1.82) is 0 Å². The lowest BCUT2D eigenvalue weighted by atomic mass is 10.2. The van der Waals surface area contributed by atoms with Crippen molar-refractivity contribution in [3.63, 3.8) is 0 Å². The molecule has 0 saturated carbocycles. The van der Waals surface area contributed by atoms with Gasteiger partial charge in [-0.15, -0.1) is 11.8 Å². The number of rotatable bonds is 7. The van der Waals surface area contributed by atoms with Crippen LogP contribution in [0.4, 0.5) is 4.39 Å². The van der Waals surface area contributed by atoms with Crippen molar-refractivity contribution in [3.05, 3.63) is 48.0 Å². The third-order valence-corrected chi connectivity index (χ3v) is 4.07. The average molecular weight is 293 g/mol. The Bertz CT molecular complexity index is 524. The van der Waals surface area contributed by atoms with Crippen LogP contribution in [0.25, 0.3) is 0 Å². The third-order valence-electron chi connectivity index (χ3n) is 2.96. The van der Waals surface area contributed by atoms with Gasteiger partial charge in [-0.1, -0.05) is 6.92 Å². The van der Waals surface area contributed by atoms with Crippen LogP contribution in [0.1, 0.15) is 25.1 Å². The number of aromatic nitrogens is 2. The van der Waals surface area contributed by atoms with Crippen molar-refractivity contribution in [2.24, 2.45) is 7.05 Å². The van der Waals surface area contributed by atoms with E-state index in [0.717, 1.165) is 29.3 Å². The molecule has 2 aromatic rings. The lowest BCUT2D eigenvalue weighted by Gasteiger charge is -2.16. The van der Waals surface area contributed by atoms with E-state index in [1.807, 2.05) is 36.1 Å². The zero-order valence-electron chi connectivity index (χ0n) is 11.8. The molecule has 3 nitrogen and oxygen atoms in total. The minimum absolute atomic E-state index is 0.195. The molecule has 1 aromatic heterocycles. The molecule has 108 valence electrons. The molecule has 5 heteroatoms. The molecule has 1 aromatic carbocycles. The third kappa shape index (κ3) is 4.35. The Morgan fingerprint density at radius 2 is 2.05 bits per heavy atom. The summed E-state index contributed by atoms with van der Waals surface area (Å²) in [6, 6.07) is 8.88. The van der Waals surface area contributed by atoms with E-state index in [9.17, 15) is 4.39 Å². The van der Waals surface area contributed by atoms with Crippen molar-refractivity contribution in [1.82, 2.24) is 15.1 Å². The number of benzene rings is 1. The zero-order chi connectivity index (χ0) is 14.4. The van der Waals surface area contributed by atoms with E-state index in [1.54, 1.807) is 11.8 Å². The van der Waals surface area contributed by atoms with Crippen molar-refractivity contribution in [2.45, 2.75) is 24.3 Å². The molecule has 0 spiro atoms. The minimum atomic E-state index is -0.195. The smallest absolute Gasteiger partial charge is 0.123 e. The van der Waals surface area contributed by atoms with Gasteiger partial charge >= 0.3 is 0 Å². The first-order valence-electron chi connectivity index (χ1n) is 6.80. The van der Waals surface area contributed by atoms with Gasteiger partial charge in [-0.05, 0) is 43.3 Å². The van der Waals surface area contributed by atoms with Crippen LogP contribution in [0, 0.1) is 5.82 Å². The Balaban J connectivity index is 1.98. The van der Waals surface area contributed by atoms with Gasteiger partial charge in [0.1, 0.15) is 5.82 Å². The highest BCUT2D eigenvalue weighted by molar-refractivity contribution is 7.99. The number of halogens is 1. The summed E-state index contributed by atoms with van der Waals surface area (Å²) in [7, 11) is 1.92. The highest BCUT2D eigenvalue weighted by Crippen LogP contribution is 2.24. The van der Waals surface area contributed by atoms with Crippen molar-refractivity contribution in [2.75, 3.05) is 12.3 Å². The van der Waals surface area contributed by atoms with Crippen LogP contribution in [0.2, 0.25) is 0 Å². The van der Waals surface area contributed by atoms with Gasteiger partial charge in [-0.2, -0.15) is 5.10 Å². The first-order chi connectivity index (χ1) is 9.69. The monoisotopic (exact) mass is 293 g/mol. The van der Waals surface area contributed by atoms with Crippen LogP contribution in [-0.4, -0.2) is 22.1 Å². The van der Waals surface area contributed by atoms with Gasteiger partial charge in [0.2, 0.25) is 0 Å². The fourth-order valence-electron chi connectivity index (χ4n) is 1.90. The Hall–Kier alpha value is -1.33. The van der Waals surface area contributed by atoms with Crippen molar-refractivity contribution >= 4 is 11.8 Å². The number of nitrogens with zero attached hydrogens (tertiary/aromatic N) is 2. The molecule has 0 aliphatic rings. The van der Waals surface area contributed by atoms with Crippen LogP contribution in [0.3, 0.4) is 0 Å². The summed E-state index contributed by atoms with van der Waals surface area (Å²) >= 11 is 1.71. The quantitative estimate of drug-likeness (QED) is 0.794. The molecule has 0 radical (unpaired) electrons. The summed E-state index contributed by atoms with van der Waals surface area (Å²) in [5.41, 5.74) is 1.05. The molecule has 1 N–H and O–H groups in total. The molecule has 20 heavy (non-hydrogen) atoms. The Morgan fingerprint density at radius 1 is 1.30 bits per heavy atom. The minimum Gasteiger partial charge on any atom is -0.308 e. The predicted octanol–water partition coefficient (Wildman–Crippen LogP) is 3.39. The summed E-state index contributed by atoms with van der Waals surface area (Å²) in [5, 5.41) is 7.98. The second kappa shape index (κ2) is 7.45. The Kier molecular flexibility index (Phi) is 5.61. The molecule has 1 atom stereocenters. The van der Waals surface area contributed by atoms with Gasteiger partial charge in [-0.3, -0.25) is 4.68 Å².